The third-order valence-electron chi connectivity index (χ3n) is 3.33. The molecular weight excluding hydrogens is 230 g/mol. The van der Waals surface area contributed by atoms with E-state index in [1.165, 1.54) is 0 Å². The van der Waals surface area contributed by atoms with Crippen molar-refractivity contribution in [2.75, 3.05) is 19.6 Å². The van der Waals surface area contributed by atoms with E-state index in [1.807, 2.05) is 13.8 Å². The van der Waals surface area contributed by atoms with Crippen LogP contribution in [0.15, 0.2) is 0 Å². The van der Waals surface area contributed by atoms with Crippen LogP contribution in [0, 0.1) is 0 Å². The Morgan fingerprint density at radius 3 is 2.61 bits per heavy atom. The number of hydrogen-bond acceptors (Lipinski definition) is 3. The summed E-state index contributed by atoms with van der Waals surface area (Å²) in [6, 6.07) is 0. The third kappa shape index (κ3) is 4.64. The van der Waals surface area contributed by atoms with E-state index in [0.29, 0.717) is 19.5 Å². The number of rotatable bonds is 6. The molecule has 5 nitrogen and oxygen atoms in total. The highest BCUT2D eigenvalue weighted by atomic mass is 16.2. The molecule has 0 aromatic carbocycles. The van der Waals surface area contributed by atoms with Crippen molar-refractivity contribution in [2.45, 2.75) is 51.5 Å². The van der Waals surface area contributed by atoms with Gasteiger partial charge in [0.2, 0.25) is 11.8 Å². The fraction of sp³-hybridized carbons (Fsp3) is 0.846. The molecule has 0 bridgehead atoms. The van der Waals surface area contributed by atoms with Gasteiger partial charge in [0.25, 0.3) is 0 Å². The molecule has 1 aliphatic rings. The van der Waals surface area contributed by atoms with Crippen LogP contribution in [0.1, 0.15) is 46.0 Å². The Morgan fingerprint density at radius 1 is 1.22 bits per heavy atom. The number of carbonyl (C=O) groups is 2. The van der Waals surface area contributed by atoms with Crippen LogP contribution in [0.4, 0.5) is 0 Å². The molecule has 0 aliphatic carbocycles. The molecule has 1 atom stereocenters. The lowest BCUT2D eigenvalue weighted by Gasteiger charge is -2.33. The van der Waals surface area contributed by atoms with Crippen molar-refractivity contribution in [3.8, 4) is 0 Å². The van der Waals surface area contributed by atoms with Crippen LogP contribution in [0.25, 0.3) is 0 Å². The summed E-state index contributed by atoms with van der Waals surface area (Å²) in [4.78, 5) is 23.4. The second-order valence-electron chi connectivity index (χ2n) is 5.07. The first-order valence-corrected chi connectivity index (χ1v) is 6.88. The first-order chi connectivity index (χ1) is 8.58. The van der Waals surface area contributed by atoms with E-state index in [-0.39, 0.29) is 11.8 Å². The van der Waals surface area contributed by atoms with Gasteiger partial charge in [-0.1, -0.05) is 6.92 Å². The lowest BCUT2D eigenvalue weighted by molar-refractivity contribution is -0.128. The van der Waals surface area contributed by atoms with Crippen LogP contribution in [0.2, 0.25) is 0 Å². The predicted octanol–water partition coefficient (Wildman–Crippen LogP) is 0.551. The summed E-state index contributed by atoms with van der Waals surface area (Å²) in [7, 11) is 0. The SMILES string of the molecule is CCCNC(=O)CCNC(=O)C1(C)CCCCN1. The lowest BCUT2D eigenvalue weighted by Crippen LogP contribution is -2.57. The highest BCUT2D eigenvalue weighted by Gasteiger charge is 2.33. The van der Waals surface area contributed by atoms with E-state index in [9.17, 15) is 9.59 Å². The van der Waals surface area contributed by atoms with Gasteiger partial charge in [0, 0.05) is 19.5 Å². The Hall–Kier alpha value is -1.10. The van der Waals surface area contributed by atoms with Crippen LogP contribution < -0.4 is 16.0 Å². The zero-order valence-corrected chi connectivity index (χ0v) is 11.5. The predicted molar refractivity (Wildman–Crippen MR) is 71.2 cm³/mol. The zero-order chi connectivity index (χ0) is 13.4. The van der Waals surface area contributed by atoms with Gasteiger partial charge < -0.3 is 16.0 Å². The minimum Gasteiger partial charge on any atom is -0.356 e. The molecule has 1 rings (SSSR count). The molecule has 0 aromatic heterocycles. The largest absolute Gasteiger partial charge is 0.356 e. The number of hydrogen-bond donors (Lipinski definition) is 3. The van der Waals surface area contributed by atoms with E-state index < -0.39 is 5.54 Å². The maximum absolute atomic E-state index is 12.0. The highest BCUT2D eigenvalue weighted by Crippen LogP contribution is 2.18. The average Bonchev–Trinajstić information content (AvgIpc) is 2.37. The molecule has 5 heteroatoms. The van der Waals surface area contributed by atoms with Gasteiger partial charge in [-0.25, -0.2) is 0 Å². The number of carbonyl (C=O) groups excluding carboxylic acids is 2. The van der Waals surface area contributed by atoms with Crippen LogP contribution in [-0.4, -0.2) is 37.0 Å². The minimum atomic E-state index is -0.460. The topological polar surface area (TPSA) is 70.2 Å². The van der Waals surface area contributed by atoms with Gasteiger partial charge in [-0.3, -0.25) is 9.59 Å². The van der Waals surface area contributed by atoms with Gasteiger partial charge in [0.15, 0.2) is 0 Å². The minimum absolute atomic E-state index is 0.00101. The van der Waals surface area contributed by atoms with Crippen molar-refractivity contribution >= 4 is 11.8 Å². The maximum atomic E-state index is 12.0. The van der Waals surface area contributed by atoms with E-state index in [2.05, 4.69) is 16.0 Å². The van der Waals surface area contributed by atoms with Gasteiger partial charge in [-0.15, -0.1) is 0 Å². The summed E-state index contributed by atoms with van der Waals surface area (Å²) in [5, 5.41) is 8.88. The van der Waals surface area contributed by atoms with Crippen molar-refractivity contribution in [1.29, 1.82) is 0 Å². The Balaban J connectivity index is 2.22. The molecule has 0 radical (unpaired) electrons. The molecule has 0 spiro atoms. The first kappa shape index (κ1) is 15.0. The normalized spacial score (nSPS) is 23.4. The molecule has 1 saturated heterocycles. The monoisotopic (exact) mass is 255 g/mol. The van der Waals surface area contributed by atoms with E-state index >= 15 is 0 Å². The Kier molecular flexibility index (Phi) is 6.12. The van der Waals surface area contributed by atoms with Gasteiger partial charge >= 0.3 is 0 Å². The fourth-order valence-electron chi connectivity index (χ4n) is 2.09. The Morgan fingerprint density at radius 2 is 2.00 bits per heavy atom. The summed E-state index contributed by atoms with van der Waals surface area (Å²) in [5.41, 5.74) is -0.460. The summed E-state index contributed by atoms with van der Waals surface area (Å²) >= 11 is 0. The fourth-order valence-corrected chi connectivity index (χ4v) is 2.09. The third-order valence-corrected chi connectivity index (χ3v) is 3.33. The van der Waals surface area contributed by atoms with Crippen LogP contribution in [-0.2, 0) is 9.59 Å². The number of nitrogens with one attached hydrogen (secondary N) is 3. The molecule has 0 aromatic rings. The van der Waals surface area contributed by atoms with Crippen molar-refractivity contribution in [3.63, 3.8) is 0 Å². The van der Waals surface area contributed by atoms with Crippen molar-refractivity contribution in [2.24, 2.45) is 0 Å². The van der Waals surface area contributed by atoms with Crippen molar-refractivity contribution in [1.82, 2.24) is 16.0 Å². The maximum Gasteiger partial charge on any atom is 0.240 e. The molecular formula is C13H25N3O2. The second kappa shape index (κ2) is 7.36. The van der Waals surface area contributed by atoms with Gasteiger partial charge in [-0.2, -0.15) is 0 Å². The molecule has 1 fully saturated rings. The van der Waals surface area contributed by atoms with Crippen LogP contribution in [0.5, 0.6) is 0 Å². The van der Waals surface area contributed by atoms with E-state index in [4.69, 9.17) is 0 Å². The molecule has 0 saturated carbocycles. The quantitative estimate of drug-likeness (QED) is 0.649. The van der Waals surface area contributed by atoms with Gasteiger partial charge in [-0.05, 0) is 39.2 Å². The Bertz CT molecular complexity index is 286. The molecule has 1 heterocycles. The smallest absolute Gasteiger partial charge is 0.240 e. The van der Waals surface area contributed by atoms with Gasteiger partial charge in [0.1, 0.15) is 0 Å². The lowest BCUT2D eigenvalue weighted by atomic mass is 9.90. The molecule has 2 amide bonds. The summed E-state index contributed by atoms with van der Waals surface area (Å²) < 4.78 is 0. The molecule has 3 N–H and O–H groups in total. The standard InChI is InChI=1S/C13H25N3O2/c1-3-8-14-11(17)6-10-15-12(18)13(2)7-4-5-9-16-13/h16H,3-10H2,1-2H3,(H,14,17)(H,15,18). The Labute approximate surface area is 109 Å². The summed E-state index contributed by atoms with van der Waals surface area (Å²) in [6.45, 7) is 5.94. The highest BCUT2D eigenvalue weighted by molar-refractivity contribution is 5.86. The van der Waals surface area contributed by atoms with Gasteiger partial charge in [0.05, 0.1) is 5.54 Å². The van der Waals surface area contributed by atoms with Crippen molar-refractivity contribution < 1.29 is 9.59 Å². The molecule has 1 aliphatic heterocycles. The first-order valence-electron chi connectivity index (χ1n) is 6.88. The van der Waals surface area contributed by atoms with Crippen LogP contribution >= 0.6 is 0 Å². The zero-order valence-electron chi connectivity index (χ0n) is 11.5. The molecule has 104 valence electrons. The number of piperidine rings is 1. The van der Waals surface area contributed by atoms with E-state index in [0.717, 1.165) is 32.2 Å². The average molecular weight is 255 g/mol. The number of amides is 2. The van der Waals surface area contributed by atoms with Crippen LogP contribution in [0.3, 0.4) is 0 Å². The summed E-state index contributed by atoms with van der Waals surface area (Å²) in [6.07, 6.45) is 4.35. The van der Waals surface area contributed by atoms with E-state index in [1.54, 1.807) is 0 Å². The molecule has 1 unspecified atom stereocenters. The second-order valence-corrected chi connectivity index (χ2v) is 5.07. The van der Waals surface area contributed by atoms with Crippen molar-refractivity contribution in [3.05, 3.63) is 0 Å². The summed E-state index contributed by atoms with van der Waals surface area (Å²) in [5.74, 6) is 0.00407. The molecule has 18 heavy (non-hydrogen) atoms.